The van der Waals surface area contributed by atoms with E-state index in [1.807, 2.05) is 0 Å². The zero-order valence-electron chi connectivity index (χ0n) is 12.2. The van der Waals surface area contributed by atoms with Crippen LogP contribution in [0.3, 0.4) is 0 Å². The number of carbonyl (C=O) groups is 2. The molecule has 0 amide bonds. The zero-order valence-corrected chi connectivity index (χ0v) is 12.2. The van der Waals surface area contributed by atoms with Gasteiger partial charge in [-0.1, -0.05) is 6.08 Å². The number of rotatable bonds is 4. The Kier molecular flexibility index (Phi) is 4.12. The molecule has 1 aromatic carbocycles. The number of nitrogens with zero attached hydrogens (tertiary/aromatic N) is 1. The van der Waals surface area contributed by atoms with Gasteiger partial charge in [0.15, 0.2) is 0 Å². The molecule has 5 nitrogen and oxygen atoms in total. The van der Waals surface area contributed by atoms with Gasteiger partial charge in [0.25, 0.3) is 5.91 Å². The lowest BCUT2D eigenvalue weighted by Crippen LogP contribution is -2.10. The van der Waals surface area contributed by atoms with Gasteiger partial charge in [-0.3, -0.25) is 14.2 Å². The van der Waals surface area contributed by atoms with Crippen molar-refractivity contribution in [1.82, 2.24) is 4.57 Å². The summed E-state index contributed by atoms with van der Waals surface area (Å²) in [7, 11) is 1.55. The Labute approximate surface area is 122 Å². The number of allylic oxidation sites excluding steroid dienone is 2. The number of hydrogen-bond donors (Lipinski definition) is 1. The van der Waals surface area contributed by atoms with Crippen LogP contribution in [-0.4, -0.2) is 28.7 Å². The molecule has 5 heteroatoms. The Morgan fingerprint density at radius 2 is 2.10 bits per heavy atom. The Bertz CT molecular complexity index is 740. The molecule has 0 saturated carbocycles. The molecule has 0 aliphatic carbocycles. The van der Waals surface area contributed by atoms with E-state index in [9.17, 15) is 9.59 Å². The summed E-state index contributed by atoms with van der Waals surface area (Å²) in [4.78, 5) is 23.3. The van der Waals surface area contributed by atoms with Gasteiger partial charge in [-0.25, -0.2) is 0 Å². The highest BCUT2D eigenvalue weighted by Gasteiger charge is 2.19. The smallest absolute Gasteiger partial charge is 0.307 e. The highest BCUT2D eigenvalue weighted by atomic mass is 16.5. The molecule has 0 unspecified atom stereocenters. The van der Waals surface area contributed by atoms with Crippen molar-refractivity contribution in [3.63, 3.8) is 0 Å². The molecule has 0 saturated heterocycles. The van der Waals surface area contributed by atoms with Gasteiger partial charge in [0, 0.05) is 11.1 Å². The first-order chi connectivity index (χ1) is 9.99. The van der Waals surface area contributed by atoms with Gasteiger partial charge < -0.3 is 9.84 Å². The van der Waals surface area contributed by atoms with E-state index in [1.54, 1.807) is 45.2 Å². The first kappa shape index (κ1) is 14.8. The minimum absolute atomic E-state index is 0.133. The van der Waals surface area contributed by atoms with Gasteiger partial charge >= 0.3 is 5.97 Å². The molecule has 1 N–H and O–H groups in total. The van der Waals surface area contributed by atoms with Crippen LogP contribution < -0.4 is 4.74 Å². The number of hydrogen-bond acceptors (Lipinski definition) is 3. The molecule has 0 aliphatic heterocycles. The van der Waals surface area contributed by atoms with Crippen molar-refractivity contribution in [1.29, 1.82) is 0 Å². The third-order valence-electron chi connectivity index (χ3n) is 3.40. The van der Waals surface area contributed by atoms with E-state index < -0.39 is 5.97 Å². The summed E-state index contributed by atoms with van der Waals surface area (Å²) in [6.45, 7) is 3.52. The number of benzene rings is 1. The molecule has 0 bridgehead atoms. The van der Waals surface area contributed by atoms with E-state index in [0.29, 0.717) is 22.5 Å². The Morgan fingerprint density at radius 1 is 1.38 bits per heavy atom. The topological polar surface area (TPSA) is 68.5 Å². The van der Waals surface area contributed by atoms with Crippen LogP contribution in [0, 0.1) is 6.92 Å². The van der Waals surface area contributed by atoms with Gasteiger partial charge in [0.1, 0.15) is 5.75 Å². The van der Waals surface area contributed by atoms with E-state index >= 15 is 0 Å². The minimum Gasteiger partial charge on any atom is -0.497 e. The van der Waals surface area contributed by atoms with Crippen molar-refractivity contribution in [2.24, 2.45) is 0 Å². The van der Waals surface area contributed by atoms with Crippen LogP contribution in [0.1, 0.15) is 23.0 Å². The fraction of sp³-hybridized carbons (Fsp3) is 0.250. The first-order valence-electron chi connectivity index (χ1n) is 6.56. The standard InChI is InChI=1S/C16H17NO4/c1-4-5-15(18)17-10(2)12(9-16(19)20)13-8-11(21-3)6-7-14(13)17/h4-8H,9H2,1-3H3,(H,19,20). The molecule has 1 heterocycles. The zero-order chi connectivity index (χ0) is 15.6. The van der Waals surface area contributed by atoms with Gasteiger partial charge in [0.05, 0.1) is 19.0 Å². The molecule has 0 fully saturated rings. The lowest BCUT2D eigenvalue weighted by molar-refractivity contribution is -0.136. The predicted octanol–water partition coefficient (Wildman–Crippen LogP) is 2.80. The molecule has 0 atom stereocenters. The molecule has 21 heavy (non-hydrogen) atoms. The highest BCUT2D eigenvalue weighted by Crippen LogP contribution is 2.30. The third-order valence-corrected chi connectivity index (χ3v) is 3.40. The van der Waals surface area contributed by atoms with Gasteiger partial charge in [0.2, 0.25) is 0 Å². The van der Waals surface area contributed by atoms with E-state index in [-0.39, 0.29) is 12.3 Å². The lowest BCUT2D eigenvalue weighted by Gasteiger charge is -2.04. The number of aromatic nitrogens is 1. The van der Waals surface area contributed by atoms with Crippen LogP contribution in [0.2, 0.25) is 0 Å². The average molecular weight is 287 g/mol. The fourth-order valence-electron chi connectivity index (χ4n) is 2.46. The van der Waals surface area contributed by atoms with Crippen molar-refractivity contribution < 1.29 is 19.4 Å². The summed E-state index contributed by atoms with van der Waals surface area (Å²) in [6.07, 6.45) is 2.99. The van der Waals surface area contributed by atoms with Crippen molar-refractivity contribution >= 4 is 22.8 Å². The number of ether oxygens (including phenoxy) is 1. The Morgan fingerprint density at radius 3 is 2.67 bits per heavy atom. The summed E-state index contributed by atoms with van der Waals surface area (Å²) >= 11 is 0. The molecule has 2 aromatic rings. The summed E-state index contributed by atoms with van der Waals surface area (Å²) in [5.74, 6) is -0.495. The number of methoxy groups -OCH3 is 1. The highest BCUT2D eigenvalue weighted by molar-refractivity contribution is 6.01. The second-order valence-corrected chi connectivity index (χ2v) is 4.69. The van der Waals surface area contributed by atoms with Gasteiger partial charge in [-0.2, -0.15) is 0 Å². The second-order valence-electron chi connectivity index (χ2n) is 4.69. The maximum atomic E-state index is 12.2. The minimum atomic E-state index is -0.932. The van der Waals surface area contributed by atoms with Crippen molar-refractivity contribution in [3.05, 3.63) is 41.6 Å². The van der Waals surface area contributed by atoms with Crippen molar-refractivity contribution in [2.45, 2.75) is 20.3 Å². The summed E-state index contributed by atoms with van der Waals surface area (Å²) in [6, 6.07) is 5.29. The third kappa shape index (κ3) is 2.67. The number of carboxylic acid groups (broad SMARTS) is 1. The van der Waals surface area contributed by atoms with E-state index in [2.05, 4.69) is 0 Å². The first-order valence-corrected chi connectivity index (χ1v) is 6.56. The molecule has 0 radical (unpaired) electrons. The normalized spacial score (nSPS) is 11.2. The lowest BCUT2D eigenvalue weighted by atomic mass is 10.1. The van der Waals surface area contributed by atoms with Crippen LogP contribution in [-0.2, 0) is 11.2 Å². The van der Waals surface area contributed by atoms with E-state index in [4.69, 9.17) is 9.84 Å². The maximum absolute atomic E-state index is 12.2. The number of carbonyl (C=O) groups excluding carboxylic acids is 1. The van der Waals surface area contributed by atoms with Gasteiger partial charge in [-0.05, 0) is 43.7 Å². The molecule has 0 aliphatic rings. The van der Waals surface area contributed by atoms with Gasteiger partial charge in [-0.15, -0.1) is 0 Å². The van der Waals surface area contributed by atoms with Crippen molar-refractivity contribution in [3.8, 4) is 5.75 Å². The molecule has 1 aromatic heterocycles. The summed E-state index contributed by atoms with van der Waals surface area (Å²) in [5.41, 5.74) is 1.96. The number of aliphatic carboxylic acids is 1. The average Bonchev–Trinajstić information content (AvgIpc) is 2.71. The van der Waals surface area contributed by atoms with Crippen molar-refractivity contribution in [2.75, 3.05) is 7.11 Å². The van der Waals surface area contributed by atoms with E-state index in [1.165, 1.54) is 10.6 Å². The summed E-state index contributed by atoms with van der Waals surface area (Å²) in [5, 5.41) is 9.82. The monoisotopic (exact) mass is 287 g/mol. The molecule has 110 valence electrons. The Balaban J connectivity index is 2.77. The molecular formula is C16H17NO4. The molecule has 2 rings (SSSR count). The van der Waals surface area contributed by atoms with E-state index in [0.717, 1.165) is 5.39 Å². The van der Waals surface area contributed by atoms with Crippen LogP contribution >= 0.6 is 0 Å². The van der Waals surface area contributed by atoms with Crippen LogP contribution in [0.4, 0.5) is 0 Å². The predicted molar refractivity (Wildman–Crippen MR) is 80.0 cm³/mol. The van der Waals surface area contributed by atoms with Crippen LogP contribution in [0.5, 0.6) is 5.75 Å². The second kappa shape index (κ2) is 5.83. The molecule has 0 spiro atoms. The number of fused-ring (bicyclic) bond motifs is 1. The Hall–Kier alpha value is -2.56. The fourth-order valence-corrected chi connectivity index (χ4v) is 2.46. The van der Waals surface area contributed by atoms with Crippen LogP contribution in [0.15, 0.2) is 30.4 Å². The maximum Gasteiger partial charge on any atom is 0.307 e. The largest absolute Gasteiger partial charge is 0.497 e. The molecular weight excluding hydrogens is 270 g/mol. The quantitative estimate of drug-likeness (QED) is 0.878. The summed E-state index contributed by atoms with van der Waals surface area (Å²) < 4.78 is 6.72. The SMILES string of the molecule is CC=CC(=O)n1c(C)c(CC(=O)O)c2cc(OC)ccc21. The number of carboxylic acids is 1. The van der Waals surface area contributed by atoms with Crippen LogP contribution in [0.25, 0.3) is 10.9 Å².